The first-order valence-corrected chi connectivity index (χ1v) is 6.34. The van der Waals surface area contributed by atoms with Crippen LogP contribution in [-0.4, -0.2) is 9.38 Å². The number of aromatic nitrogens is 2. The minimum absolute atomic E-state index is 0.104. The second-order valence-corrected chi connectivity index (χ2v) is 4.62. The van der Waals surface area contributed by atoms with Crippen LogP contribution in [-0.2, 0) is 12.7 Å². The molecule has 21 heavy (non-hydrogen) atoms. The molecule has 0 fully saturated rings. The smallest absolute Gasteiger partial charge is 0.325 e. The largest absolute Gasteiger partial charge is 0.417 e. The highest BCUT2D eigenvalue weighted by molar-refractivity contribution is 5.66. The van der Waals surface area contributed by atoms with Crippen LogP contribution >= 0.6 is 0 Å². The Morgan fingerprint density at radius 3 is 2.38 bits per heavy atom. The van der Waals surface area contributed by atoms with Crippen molar-refractivity contribution in [3.63, 3.8) is 0 Å². The molecule has 0 saturated heterocycles. The summed E-state index contributed by atoms with van der Waals surface area (Å²) >= 11 is 0. The van der Waals surface area contributed by atoms with Crippen LogP contribution in [0.5, 0.6) is 0 Å². The van der Waals surface area contributed by atoms with Crippen LogP contribution in [0.15, 0.2) is 48.7 Å². The van der Waals surface area contributed by atoms with Crippen LogP contribution in [0.3, 0.4) is 0 Å². The average molecular weight is 291 g/mol. The topological polar surface area (TPSA) is 43.3 Å². The molecule has 0 aliphatic carbocycles. The number of rotatable bonds is 2. The first-order valence-electron chi connectivity index (χ1n) is 6.34. The molecule has 1 aromatic carbocycles. The SMILES string of the molecule is NCc1c(-c2ccccc2)nc2ccc(C(F)(F)F)cn12. The number of imidazole rings is 1. The third kappa shape index (κ3) is 2.38. The molecule has 2 aromatic heterocycles. The Bertz CT molecular complexity index is 776. The number of fused-ring (bicyclic) bond motifs is 1. The minimum Gasteiger partial charge on any atom is -0.325 e. The number of alkyl halides is 3. The van der Waals surface area contributed by atoms with Crippen molar-refractivity contribution in [2.75, 3.05) is 0 Å². The maximum Gasteiger partial charge on any atom is 0.417 e. The first-order chi connectivity index (χ1) is 10.0. The van der Waals surface area contributed by atoms with E-state index in [0.717, 1.165) is 17.8 Å². The molecular weight excluding hydrogens is 279 g/mol. The molecule has 3 nitrogen and oxygen atoms in total. The molecule has 3 rings (SSSR count). The number of nitrogens with two attached hydrogens (primary N) is 1. The minimum atomic E-state index is -4.39. The molecule has 3 aromatic rings. The van der Waals surface area contributed by atoms with Crippen LogP contribution in [0.4, 0.5) is 13.2 Å². The molecule has 2 heterocycles. The Balaban J connectivity index is 2.24. The van der Waals surface area contributed by atoms with Crippen molar-refractivity contribution >= 4 is 5.65 Å². The summed E-state index contributed by atoms with van der Waals surface area (Å²) in [4.78, 5) is 4.39. The van der Waals surface area contributed by atoms with Crippen molar-refractivity contribution in [1.82, 2.24) is 9.38 Å². The van der Waals surface area contributed by atoms with Gasteiger partial charge in [0.15, 0.2) is 0 Å². The summed E-state index contributed by atoms with van der Waals surface area (Å²) in [5.74, 6) is 0. The summed E-state index contributed by atoms with van der Waals surface area (Å²) in [6.07, 6.45) is -3.35. The molecule has 2 N–H and O–H groups in total. The van der Waals surface area contributed by atoms with Gasteiger partial charge in [-0.1, -0.05) is 30.3 Å². The Morgan fingerprint density at radius 1 is 1.05 bits per heavy atom. The molecule has 0 saturated carbocycles. The number of benzene rings is 1. The summed E-state index contributed by atoms with van der Waals surface area (Å²) in [6.45, 7) is 0.104. The van der Waals surface area contributed by atoms with E-state index >= 15 is 0 Å². The lowest BCUT2D eigenvalue weighted by molar-refractivity contribution is -0.137. The molecule has 108 valence electrons. The van der Waals surface area contributed by atoms with Gasteiger partial charge in [0.25, 0.3) is 0 Å². The van der Waals surface area contributed by atoms with E-state index in [1.165, 1.54) is 10.5 Å². The third-order valence-electron chi connectivity index (χ3n) is 3.29. The van der Waals surface area contributed by atoms with E-state index in [1.54, 1.807) is 0 Å². The fraction of sp³-hybridized carbons (Fsp3) is 0.133. The van der Waals surface area contributed by atoms with Crippen molar-refractivity contribution in [2.24, 2.45) is 5.73 Å². The summed E-state index contributed by atoms with van der Waals surface area (Å²) in [7, 11) is 0. The second kappa shape index (κ2) is 4.89. The lowest BCUT2D eigenvalue weighted by Crippen LogP contribution is -2.08. The van der Waals surface area contributed by atoms with Gasteiger partial charge in [-0.15, -0.1) is 0 Å². The standard InChI is InChI=1S/C15H12F3N3/c16-15(17,18)11-6-7-13-20-14(10-4-2-1-3-5-10)12(8-19)21(13)9-11/h1-7,9H,8,19H2. The van der Waals surface area contributed by atoms with E-state index < -0.39 is 11.7 Å². The van der Waals surface area contributed by atoms with Crippen LogP contribution in [0.1, 0.15) is 11.3 Å². The number of pyridine rings is 1. The molecule has 0 radical (unpaired) electrons. The third-order valence-corrected chi connectivity index (χ3v) is 3.29. The van der Waals surface area contributed by atoms with E-state index in [-0.39, 0.29) is 6.54 Å². The van der Waals surface area contributed by atoms with Crippen LogP contribution < -0.4 is 5.73 Å². The van der Waals surface area contributed by atoms with Gasteiger partial charge in [0, 0.05) is 18.3 Å². The van der Waals surface area contributed by atoms with Crippen LogP contribution in [0.25, 0.3) is 16.9 Å². The summed E-state index contributed by atoms with van der Waals surface area (Å²) < 4.78 is 39.9. The molecular formula is C15H12F3N3. The van der Waals surface area contributed by atoms with Gasteiger partial charge in [-0.3, -0.25) is 0 Å². The van der Waals surface area contributed by atoms with Crippen molar-refractivity contribution < 1.29 is 13.2 Å². The second-order valence-electron chi connectivity index (χ2n) is 4.62. The van der Waals surface area contributed by atoms with Gasteiger partial charge in [0.2, 0.25) is 0 Å². The molecule has 0 amide bonds. The van der Waals surface area contributed by atoms with E-state index in [4.69, 9.17) is 5.73 Å². The number of halogens is 3. The lowest BCUT2D eigenvalue weighted by Gasteiger charge is -2.08. The molecule has 0 unspecified atom stereocenters. The average Bonchev–Trinajstić information content (AvgIpc) is 2.84. The van der Waals surface area contributed by atoms with Crippen LogP contribution in [0, 0.1) is 0 Å². The van der Waals surface area contributed by atoms with Crippen molar-refractivity contribution in [3.8, 4) is 11.3 Å². The van der Waals surface area contributed by atoms with Gasteiger partial charge >= 0.3 is 6.18 Å². The van der Waals surface area contributed by atoms with Gasteiger partial charge in [-0.2, -0.15) is 13.2 Å². The van der Waals surface area contributed by atoms with E-state index in [9.17, 15) is 13.2 Å². The molecule has 0 aliphatic heterocycles. The van der Waals surface area contributed by atoms with Crippen molar-refractivity contribution in [1.29, 1.82) is 0 Å². The quantitative estimate of drug-likeness (QED) is 0.785. The number of nitrogens with zero attached hydrogens (tertiary/aromatic N) is 2. The zero-order chi connectivity index (χ0) is 15.0. The summed E-state index contributed by atoms with van der Waals surface area (Å²) in [6, 6.07) is 11.6. The van der Waals surface area contributed by atoms with E-state index in [1.807, 2.05) is 30.3 Å². The van der Waals surface area contributed by atoms with Crippen molar-refractivity contribution in [2.45, 2.75) is 12.7 Å². The van der Waals surface area contributed by atoms with Gasteiger partial charge in [0.1, 0.15) is 5.65 Å². The van der Waals surface area contributed by atoms with Crippen molar-refractivity contribution in [3.05, 3.63) is 59.9 Å². The molecule has 6 heteroatoms. The number of hydrogen-bond acceptors (Lipinski definition) is 2. The summed E-state index contributed by atoms with van der Waals surface area (Å²) in [5.41, 5.74) is 7.44. The predicted octanol–water partition coefficient (Wildman–Crippen LogP) is 3.48. The molecule has 0 aliphatic rings. The maximum absolute atomic E-state index is 12.8. The van der Waals surface area contributed by atoms with E-state index in [0.29, 0.717) is 17.0 Å². The van der Waals surface area contributed by atoms with Crippen LogP contribution in [0.2, 0.25) is 0 Å². The van der Waals surface area contributed by atoms with Gasteiger partial charge in [0.05, 0.1) is 17.0 Å². The maximum atomic E-state index is 12.8. The number of hydrogen-bond donors (Lipinski definition) is 1. The highest BCUT2D eigenvalue weighted by Crippen LogP contribution is 2.31. The monoisotopic (exact) mass is 291 g/mol. The molecule has 0 atom stereocenters. The van der Waals surface area contributed by atoms with E-state index in [2.05, 4.69) is 4.98 Å². The van der Waals surface area contributed by atoms with Gasteiger partial charge in [-0.25, -0.2) is 4.98 Å². The normalized spacial score (nSPS) is 12.0. The zero-order valence-electron chi connectivity index (χ0n) is 10.9. The lowest BCUT2D eigenvalue weighted by atomic mass is 10.1. The Kier molecular flexibility index (Phi) is 3.17. The predicted molar refractivity (Wildman–Crippen MR) is 73.5 cm³/mol. The van der Waals surface area contributed by atoms with Gasteiger partial charge in [-0.05, 0) is 12.1 Å². The highest BCUT2D eigenvalue weighted by atomic mass is 19.4. The Hall–Kier alpha value is -2.34. The Morgan fingerprint density at radius 2 is 1.76 bits per heavy atom. The fourth-order valence-corrected chi connectivity index (χ4v) is 2.28. The summed E-state index contributed by atoms with van der Waals surface area (Å²) in [5, 5.41) is 0. The highest BCUT2D eigenvalue weighted by Gasteiger charge is 2.31. The fourth-order valence-electron chi connectivity index (χ4n) is 2.28. The van der Waals surface area contributed by atoms with Gasteiger partial charge < -0.3 is 10.1 Å². The molecule has 0 spiro atoms. The molecule has 0 bridgehead atoms. The first kappa shape index (κ1) is 13.6. The Labute approximate surface area is 118 Å². The zero-order valence-corrected chi connectivity index (χ0v) is 10.9.